The van der Waals surface area contributed by atoms with E-state index in [1.807, 2.05) is 6.92 Å². The largest absolute Gasteiger partial charge is 0.493 e. The summed E-state index contributed by atoms with van der Waals surface area (Å²) in [6, 6.07) is 6.65. The molecule has 0 bridgehead atoms. The first kappa shape index (κ1) is 16.3. The molecule has 1 heterocycles. The number of hydrogen-bond donors (Lipinski definition) is 2. The van der Waals surface area contributed by atoms with Gasteiger partial charge in [0.25, 0.3) is 0 Å². The van der Waals surface area contributed by atoms with Crippen LogP contribution in [-0.2, 0) is 17.6 Å². The highest BCUT2D eigenvalue weighted by Crippen LogP contribution is 2.28. The zero-order valence-corrected chi connectivity index (χ0v) is 13.4. The molecule has 1 aromatic carbocycles. The smallest absolute Gasteiger partial charge is 0.122 e. The first-order valence-electron chi connectivity index (χ1n) is 7.97. The van der Waals surface area contributed by atoms with Crippen molar-refractivity contribution in [3.05, 3.63) is 29.3 Å². The fourth-order valence-corrected chi connectivity index (χ4v) is 3.05. The summed E-state index contributed by atoms with van der Waals surface area (Å²) in [6.07, 6.45) is 3.91. The van der Waals surface area contributed by atoms with Crippen molar-refractivity contribution in [3.63, 3.8) is 0 Å². The van der Waals surface area contributed by atoms with Crippen LogP contribution in [0.3, 0.4) is 0 Å². The molecule has 2 atom stereocenters. The lowest BCUT2D eigenvalue weighted by Gasteiger charge is -2.36. The van der Waals surface area contributed by atoms with E-state index in [0.29, 0.717) is 6.61 Å². The second-order valence-corrected chi connectivity index (χ2v) is 5.90. The van der Waals surface area contributed by atoms with Crippen LogP contribution in [0.1, 0.15) is 44.7 Å². The van der Waals surface area contributed by atoms with E-state index in [4.69, 9.17) is 15.3 Å². The topological polar surface area (TPSA) is 56.5 Å². The van der Waals surface area contributed by atoms with Crippen molar-refractivity contribution in [2.24, 2.45) is 5.84 Å². The number of aryl methyl sites for hydroxylation is 1. The van der Waals surface area contributed by atoms with Crippen LogP contribution in [0.2, 0.25) is 0 Å². The van der Waals surface area contributed by atoms with Crippen LogP contribution >= 0.6 is 0 Å². The van der Waals surface area contributed by atoms with Crippen LogP contribution < -0.4 is 16.0 Å². The van der Waals surface area contributed by atoms with Crippen LogP contribution in [0.5, 0.6) is 5.75 Å². The number of ether oxygens (including phenoxy) is 2. The van der Waals surface area contributed by atoms with Crippen LogP contribution in [0, 0.1) is 0 Å². The van der Waals surface area contributed by atoms with Crippen LogP contribution in [0.15, 0.2) is 18.2 Å². The highest BCUT2D eigenvalue weighted by atomic mass is 16.5. The van der Waals surface area contributed by atoms with Gasteiger partial charge in [0, 0.05) is 13.0 Å². The molecule has 21 heavy (non-hydrogen) atoms. The quantitative estimate of drug-likeness (QED) is 0.571. The molecule has 0 saturated heterocycles. The van der Waals surface area contributed by atoms with Crippen molar-refractivity contribution in [1.82, 2.24) is 5.43 Å². The monoisotopic (exact) mass is 292 g/mol. The number of nitrogens with two attached hydrogens (primary N) is 1. The Balaban J connectivity index is 1.99. The lowest BCUT2D eigenvalue weighted by Crippen LogP contribution is -2.53. The standard InChI is InChI=1S/C17H28N2O2/c1-4-17(3,21-5-2)16(19-18)9-7-13-6-8-15-14(12-13)10-11-20-15/h6,8,12,16,19H,4-5,7,9-11,18H2,1-3H3. The zero-order chi connectivity index (χ0) is 15.3. The molecule has 1 aliphatic rings. The Morgan fingerprint density at radius 2 is 2.24 bits per heavy atom. The number of hydrazine groups is 1. The fraction of sp³-hybridized carbons (Fsp3) is 0.647. The molecule has 2 unspecified atom stereocenters. The van der Waals surface area contributed by atoms with Gasteiger partial charge < -0.3 is 9.47 Å². The SMILES string of the molecule is CCOC(C)(CC)C(CCc1ccc2c(c1)CCO2)NN. The minimum atomic E-state index is -0.219. The van der Waals surface area contributed by atoms with Gasteiger partial charge in [0.05, 0.1) is 18.2 Å². The van der Waals surface area contributed by atoms with Crippen LogP contribution in [0.25, 0.3) is 0 Å². The molecule has 2 rings (SSSR count). The molecule has 0 fully saturated rings. The maximum atomic E-state index is 5.93. The van der Waals surface area contributed by atoms with Crippen molar-refractivity contribution in [1.29, 1.82) is 0 Å². The van der Waals surface area contributed by atoms with E-state index in [9.17, 15) is 0 Å². The third kappa shape index (κ3) is 3.76. The second-order valence-electron chi connectivity index (χ2n) is 5.90. The average Bonchev–Trinajstić information content (AvgIpc) is 2.95. The number of nitrogens with one attached hydrogen (secondary N) is 1. The first-order chi connectivity index (χ1) is 10.1. The Labute approximate surface area is 128 Å². The molecule has 1 aliphatic heterocycles. The summed E-state index contributed by atoms with van der Waals surface area (Å²) in [4.78, 5) is 0. The summed E-state index contributed by atoms with van der Waals surface area (Å²) < 4.78 is 11.5. The van der Waals surface area contributed by atoms with Gasteiger partial charge in [-0.2, -0.15) is 0 Å². The van der Waals surface area contributed by atoms with Crippen LogP contribution in [-0.4, -0.2) is 24.9 Å². The molecule has 3 N–H and O–H groups in total. The van der Waals surface area contributed by atoms with Gasteiger partial charge in [-0.1, -0.05) is 19.1 Å². The highest BCUT2D eigenvalue weighted by Gasteiger charge is 2.32. The van der Waals surface area contributed by atoms with Gasteiger partial charge in [0.1, 0.15) is 5.75 Å². The molecule has 4 nitrogen and oxygen atoms in total. The summed E-state index contributed by atoms with van der Waals surface area (Å²) in [5.74, 6) is 6.81. The van der Waals surface area contributed by atoms with Crippen molar-refractivity contribution >= 4 is 0 Å². The molecule has 0 amide bonds. The summed E-state index contributed by atoms with van der Waals surface area (Å²) in [7, 11) is 0. The molecule has 0 saturated carbocycles. The predicted octanol–water partition coefficient (Wildman–Crippen LogP) is 2.59. The fourth-order valence-electron chi connectivity index (χ4n) is 3.05. The number of hydrogen-bond acceptors (Lipinski definition) is 4. The minimum absolute atomic E-state index is 0.145. The van der Waals surface area contributed by atoms with E-state index in [0.717, 1.165) is 38.0 Å². The number of benzene rings is 1. The molecule has 118 valence electrons. The lowest BCUT2D eigenvalue weighted by atomic mass is 9.88. The van der Waals surface area contributed by atoms with Gasteiger partial charge in [-0.05, 0) is 50.3 Å². The van der Waals surface area contributed by atoms with Gasteiger partial charge in [-0.25, -0.2) is 0 Å². The Bertz CT molecular complexity index is 464. The molecule has 1 aromatic rings. The van der Waals surface area contributed by atoms with Gasteiger partial charge in [0.15, 0.2) is 0 Å². The van der Waals surface area contributed by atoms with Crippen molar-refractivity contribution < 1.29 is 9.47 Å². The molecule has 0 aromatic heterocycles. The Morgan fingerprint density at radius 1 is 1.43 bits per heavy atom. The number of rotatable bonds is 8. The lowest BCUT2D eigenvalue weighted by molar-refractivity contribution is -0.0569. The maximum absolute atomic E-state index is 5.93. The molecular formula is C17H28N2O2. The maximum Gasteiger partial charge on any atom is 0.122 e. The Morgan fingerprint density at radius 3 is 2.90 bits per heavy atom. The normalized spacial score (nSPS) is 17.9. The van der Waals surface area contributed by atoms with Gasteiger partial charge in [-0.15, -0.1) is 0 Å². The van der Waals surface area contributed by atoms with E-state index in [-0.39, 0.29) is 11.6 Å². The summed E-state index contributed by atoms with van der Waals surface area (Å²) in [5.41, 5.74) is 5.40. The van der Waals surface area contributed by atoms with E-state index in [1.165, 1.54) is 11.1 Å². The molecule has 0 spiro atoms. The molecular weight excluding hydrogens is 264 g/mol. The van der Waals surface area contributed by atoms with Gasteiger partial charge >= 0.3 is 0 Å². The van der Waals surface area contributed by atoms with E-state index < -0.39 is 0 Å². The predicted molar refractivity (Wildman–Crippen MR) is 85.4 cm³/mol. The molecule has 4 heteroatoms. The zero-order valence-electron chi connectivity index (χ0n) is 13.4. The number of fused-ring (bicyclic) bond motifs is 1. The summed E-state index contributed by atoms with van der Waals surface area (Å²) in [6.45, 7) is 7.83. The first-order valence-corrected chi connectivity index (χ1v) is 7.97. The van der Waals surface area contributed by atoms with Gasteiger partial charge in [-0.3, -0.25) is 11.3 Å². The summed E-state index contributed by atoms with van der Waals surface area (Å²) >= 11 is 0. The summed E-state index contributed by atoms with van der Waals surface area (Å²) in [5, 5.41) is 0. The van der Waals surface area contributed by atoms with Crippen molar-refractivity contribution in [3.8, 4) is 5.75 Å². The van der Waals surface area contributed by atoms with Crippen molar-refractivity contribution in [2.75, 3.05) is 13.2 Å². The molecule has 0 radical (unpaired) electrons. The van der Waals surface area contributed by atoms with E-state index in [2.05, 4.69) is 37.5 Å². The Hall–Kier alpha value is -1.10. The molecule has 0 aliphatic carbocycles. The van der Waals surface area contributed by atoms with Crippen LogP contribution in [0.4, 0.5) is 0 Å². The van der Waals surface area contributed by atoms with E-state index in [1.54, 1.807) is 0 Å². The Kier molecular flexibility index (Phi) is 5.62. The van der Waals surface area contributed by atoms with Crippen molar-refractivity contribution in [2.45, 2.75) is 58.1 Å². The average molecular weight is 292 g/mol. The second kappa shape index (κ2) is 7.25. The third-order valence-electron chi connectivity index (χ3n) is 4.59. The highest BCUT2D eigenvalue weighted by molar-refractivity contribution is 5.39. The minimum Gasteiger partial charge on any atom is -0.493 e. The third-order valence-corrected chi connectivity index (χ3v) is 4.59. The van der Waals surface area contributed by atoms with Gasteiger partial charge in [0.2, 0.25) is 0 Å². The van der Waals surface area contributed by atoms with E-state index >= 15 is 0 Å².